The number of guanidine groups is 2. The third kappa shape index (κ3) is 2.15. The van der Waals surface area contributed by atoms with Crippen LogP contribution in [0, 0.1) is 0 Å². The Kier molecular flexibility index (Phi) is 3.21. The molecule has 1 heterocycles. The van der Waals surface area contributed by atoms with Crippen LogP contribution in [0.5, 0.6) is 0 Å². The first-order valence-electron chi connectivity index (χ1n) is 5.58. The summed E-state index contributed by atoms with van der Waals surface area (Å²) in [6.45, 7) is 3.91. The fourth-order valence-corrected chi connectivity index (χ4v) is 2.62. The van der Waals surface area contributed by atoms with Crippen LogP contribution < -0.4 is 16.4 Å². The van der Waals surface area contributed by atoms with Crippen molar-refractivity contribution in [1.82, 2.24) is 0 Å². The Labute approximate surface area is 111 Å². The Morgan fingerprint density at radius 3 is 2.50 bits per heavy atom. The van der Waals surface area contributed by atoms with Gasteiger partial charge in [-0.1, -0.05) is 12.1 Å². The molecule has 0 fully saturated rings. The lowest BCUT2D eigenvalue weighted by molar-refractivity contribution is 0.531. The molecule has 18 heavy (non-hydrogen) atoms. The highest BCUT2D eigenvalue weighted by molar-refractivity contribution is 7.98. The number of thioether (sulfide) groups is 1. The quantitative estimate of drug-likeness (QED) is 0.794. The smallest absolute Gasteiger partial charge is 0.220 e. The predicted molar refractivity (Wildman–Crippen MR) is 78.0 cm³/mol. The van der Waals surface area contributed by atoms with Gasteiger partial charge in [0, 0.05) is 4.90 Å². The van der Waals surface area contributed by atoms with E-state index in [1.807, 2.05) is 49.3 Å². The molecule has 1 aliphatic rings. The normalized spacial score (nSPS) is 18.3. The van der Waals surface area contributed by atoms with Crippen molar-refractivity contribution >= 4 is 29.4 Å². The van der Waals surface area contributed by atoms with Gasteiger partial charge in [-0.3, -0.25) is 4.90 Å². The summed E-state index contributed by atoms with van der Waals surface area (Å²) in [5.41, 5.74) is 12.1. The molecule has 1 aliphatic heterocycles. The molecule has 0 bridgehead atoms. The summed E-state index contributed by atoms with van der Waals surface area (Å²) in [4.78, 5) is 11.4. The number of nitrogens with two attached hydrogens (primary N) is 2. The molecule has 0 spiro atoms. The maximum Gasteiger partial charge on any atom is 0.220 e. The molecule has 0 saturated carbocycles. The highest BCUT2D eigenvalue weighted by atomic mass is 32.2. The van der Waals surface area contributed by atoms with E-state index in [1.165, 1.54) is 0 Å². The third-order valence-electron chi connectivity index (χ3n) is 2.72. The fraction of sp³-hybridized carbons (Fsp3) is 0.333. The topological polar surface area (TPSA) is 80.0 Å². The fourth-order valence-electron chi connectivity index (χ4n) is 2.04. The number of hydrogen-bond donors (Lipinski definition) is 2. The van der Waals surface area contributed by atoms with Crippen LogP contribution in [-0.4, -0.2) is 23.8 Å². The van der Waals surface area contributed by atoms with Crippen molar-refractivity contribution in [2.24, 2.45) is 21.5 Å². The summed E-state index contributed by atoms with van der Waals surface area (Å²) in [6.07, 6.45) is 2.03. The monoisotopic (exact) mass is 263 g/mol. The predicted octanol–water partition coefficient (Wildman–Crippen LogP) is 1.59. The summed E-state index contributed by atoms with van der Waals surface area (Å²) in [7, 11) is 0. The molecule has 0 amide bonds. The van der Waals surface area contributed by atoms with Gasteiger partial charge in [0.2, 0.25) is 11.9 Å². The average molecular weight is 263 g/mol. The van der Waals surface area contributed by atoms with Gasteiger partial charge in [0.1, 0.15) is 5.66 Å². The number of aliphatic imine (C=N–C) groups is 2. The molecule has 0 saturated heterocycles. The molecule has 96 valence electrons. The maximum absolute atomic E-state index is 6.01. The van der Waals surface area contributed by atoms with Crippen LogP contribution >= 0.6 is 11.8 Å². The third-order valence-corrected chi connectivity index (χ3v) is 3.50. The summed E-state index contributed by atoms with van der Waals surface area (Å²) in [5.74, 6) is 0.587. The van der Waals surface area contributed by atoms with Gasteiger partial charge in [-0.25, -0.2) is 4.99 Å². The van der Waals surface area contributed by atoms with Crippen molar-refractivity contribution in [2.45, 2.75) is 24.4 Å². The molecule has 2 rings (SSSR count). The second-order valence-electron chi connectivity index (χ2n) is 4.44. The lowest BCUT2D eigenvalue weighted by Gasteiger charge is -2.39. The van der Waals surface area contributed by atoms with E-state index in [9.17, 15) is 0 Å². The molecular weight excluding hydrogens is 246 g/mol. The Balaban J connectivity index is 2.53. The van der Waals surface area contributed by atoms with E-state index in [-0.39, 0.29) is 5.96 Å². The van der Waals surface area contributed by atoms with Gasteiger partial charge in [-0.2, -0.15) is 4.99 Å². The van der Waals surface area contributed by atoms with Gasteiger partial charge in [0.15, 0.2) is 0 Å². The van der Waals surface area contributed by atoms with Crippen molar-refractivity contribution < 1.29 is 0 Å². The second-order valence-corrected chi connectivity index (χ2v) is 5.29. The molecule has 0 aliphatic carbocycles. The number of anilines is 1. The van der Waals surface area contributed by atoms with Crippen LogP contribution in [0.4, 0.5) is 5.69 Å². The lowest BCUT2D eigenvalue weighted by Crippen LogP contribution is -2.54. The highest BCUT2D eigenvalue weighted by Gasteiger charge is 2.33. The van der Waals surface area contributed by atoms with Crippen molar-refractivity contribution in [3.05, 3.63) is 24.3 Å². The lowest BCUT2D eigenvalue weighted by atomic mass is 10.1. The Bertz CT molecular complexity index is 521. The van der Waals surface area contributed by atoms with Gasteiger partial charge in [-0.05, 0) is 32.2 Å². The van der Waals surface area contributed by atoms with Crippen molar-refractivity contribution in [2.75, 3.05) is 11.2 Å². The van der Waals surface area contributed by atoms with Crippen molar-refractivity contribution in [3.8, 4) is 0 Å². The van der Waals surface area contributed by atoms with E-state index in [0.717, 1.165) is 10.6 Å². The zero-order valence-electron chi connectivity index (χ0n) is 10.7. The minimum absolute atomic E-state index is 0.218. The zero-order valence-corrected chi connectivity index (χ0v) is 11.5. The molecular formula is C12H17N5S. The van der Waals surface area contributed by atoms with E-state index >= 15 is 0 Å². The first kappa shape index (κ1) is 12.8. The first-order valence-corrected chi connectivity index (χ1v) is 6.81. The van der Waals surface area contributed by atoms with E-state index in [1.54, 1.807) is 11.8 Å². The maximum atomic E-state index is 6.01. The Hall–Kier alpha value is -1.69. The molecule has 0 aromatic heterocycles. The molecule has 1 aromatic carbocycles. The average Bonchev–Trinajstić information content (AvgIpc) is 2.27. The van der Waals surface area contributed by atoms with Gasteiger partial charge < -0.3 is 11.5 Å². The summed E-state index contributed by atoms with van der Waals surface area (Å²) >= 11 is 1.66. The molecule has 0 atom stereocenters. The summed E-state index contributed by atoms with van der Waals surface area (Å²) in [5, 5.41) is 0. The number of nitrogens with zero attached hydrogens (tertiary/aromatic N) is 3. The summed E-state index contributed by atoms with van der Waals surface area (Å²) in [6, 6.07) is 8.02. The largest absolute Gasteiger partial charge is 0.369 e. The molecule has 1 aromatic rings. The highest BCUT2D eigenvalue weighted by Crippen LogP contribution is 2.34. The van der Waals surface area contributed by atoms with E-state index < -0.39 is 5.66 Å². The van der Waals surface area contributed by atoms with Crippen LogP contribution in [0.3, 0.4) is 0 Å². The van der Waals surface area contributed by atoms with Crippen LogP contribution in [0.15, 0.2) is 39.1 Å². The molecule has 0 radical (unpaired) electrons. The molecule has 6 heteroatoms. The van der Waals surface area contributed by atoms with Gasteiger partial charge in [0.05, 0.1) is 5.69 Å². The SMILES string of the molecule is CSc1ccccc1N1C(N)=NC(N)=NC1(C)C. The van der Waals surface area contributed by atoms with Gasteiger partial charge in [-0.15, -0.1) is 11.8 Å². The summed E-state index contributed by atoms with van der Waals surface area (Å²) < 4.78 is 0. The van der Waals surface area contributed by atoms with Crippen LogP contribution in [0.2, 0.25) is 0 Å². The van der Waals surface area contributed by atoms with E-state index in [2.05, 4.69) is 9.98 Å². The zero-order chi connectivity index (χ0) is 13.3. The van der Waals surface area contributed by atoms with Crippen LogP contribution in [0.1, 0.15) is 13.8 Å². The standard InChI is InChI=1S/C12H17N5S/c1-12(2)16-10(13)15-11(14)17(12)8-6-4-5-7-9(8)18-3/h4-7H,1-3H3,(H4,13,14,15,16). The van der Waals surface area contributed by atoms with Crippen molar-refractivity contribution in [3.63, 3.8) is 0 Å². The number of hydrogen-bond acceptors (Lipinski definition) is 6. The first-order chi connectivity index (χ1) is 8.45. The second kappa shape index (κ2) is 4.53. The number of rotatable bonds is 2. The number of benzene rings is 1. The van der Waals surface area contributed by atoms with Crippen LogP contribution in [0.25, 0.3) is 0 Å². The van der Waals surface area contributed by atoms with Crippen LogP contribution in [-0.2, 0) is 0 Å². The molecule has 5 nitrogen and oxygen atoms in total. The number of para-hydroxylation sites is 1. The van der Waals surface area contributed by atoms with Gasteiger partial charge in [0.25, 0.3) is 0 Å². The Morgan fingerprint density at radius 2 is 1.89 bits per heavy atom. The van der Waals surface area contributed by atoms with Crippen molar-refractivity contribution in [1.29, 1.82) is 0 Å². The van der Waals surface area contributed by atoms with Gasteiger partial charge >= 0.3 is 0 Å². The minimum Gasteiger partial charge on any atom is -0.369 e. The van der Waals surface area contributed by atoms with E-state index in [0.29, 0.717) is 5.96 Å². The molecule has 4 N–H and O–H groups in total. The minimum atomic E-state index is -0.540. The molecule has 0 unspecified atom stereocenters. The Morgan fingerprint density at radius 1 is 1.22 bits per heavy atom. The van der Waals surface area contributed by atoms with E-state index in [4.69, 9.17) is 11.5 Å².